The number of piperidine rings is 1. The molecule has 0 aromatic heterocycles. The van der Waals surface area contributed by atoms with Crippen LogP contribution in [0.5, 0.6) is 11.5 Å². The fraction of sp³-hybridized carbons (Fsp3) is 0.444. The highest BCUT2D eigenvalue weighted by Crippen LogP contribution is 2.65. The minimum Gasteiger partial charge on any atom is -0.493 e. The molecule has 2 aliphatic carbocycles. The maximum Gasteiger partial charge on any atom is 0.338 e. The Hall–Kier alpha value is -3.43. The van der Waals surface area contributed by atoms with Crippen molar-refractivity contribution in [1.82, 2.24) is 4.90 Å². The summed E-state index contributed by atoms with van der Waals surface area (Å²) < 4.78 is 18.2. The predicted octanol–water partition coefficient (Wildman–Crippen LogP) is 3.17. The van der Waals surface area contributed by atoms with Crippen LogP contribution in [-0.2, 0) is 16.6 Å². The van der Waals surface area contributed by atoms with E-state index >= 15 is 0 Å². The lowest BCUT2D eigenvalue weighted by Gasteiger charge is -2.63. The van der Waals surface area contributed by atoms with Crippen LogP contribution in [0.1, 0.15) is 40.7 Å². The average Bonchev–Trinajstić information content (AvgIpc) is 3.23. The highest BCUT2D eigenvalue weighted by atomic mass is 16.6. The first-order valence-corrected chi connectivity index (χ1v) is 12.2. The van der Waals surface area contributed by atoms with E-state index < -0.39 is 34.1 Å². The zero-order valence-electron chi connectivity index (χ0n) is 20.0. The second kappa shape index (κ2) is 8.04. The summed E-state index contributed by atoms with van der Waals surface area (Å²) in [7, 11) is 1.60. The Labute approximate surface area is 208 Å². The van der Waals surface area contributed by atoms with Crippen molar-refractivity contribution in [1.29, 1.82) is 0 Å². The molecule has 5 atom stereocenters. The maximum atomic E-state index is 13.1. The number of carbonyl (C=O) groups is 1. The van der Waals surface area contributed by atoms with Crippen LogP contribution in [0.2, 0.25) is 0 Å². The molecule has 1 spiro atoms. The fourth-order valence-electron chi connectivity index (χ4n) is 7.17. The Bertz CT molecular complexity index is 1260. The van der Waals surface area contributed by atoms with E-state index in [1.165, 1.54) is 24.3 Å². The largest absolute Gasteiger partial charge is 0.493 e. The number of rotatable bonds is 6. The van der Waals surface area contributed by atoms with Gasteiger partial charge in [0.2, 0.25) is 0 Å². The van der Waals surface area contributed by atoms with Crippen molar-refractivity contribution in [3.8, 4) is 11.5 Å². The van der Waals surface area contributed by atoms with Gasteiger partial charge < -0.3 is 19.3 Å². The van der Waals surface area contributed by atoms with Gasteiger partial charge in [-0.15, -0.1) is 6.58 Å². The van der Waals surface area contributed by atoms with Crippen molar-refractivity contribution in [2.45, 2.75) is 54.9 Å². The lowest BCUT2D eigenvalue weighted by Crippen LogP contribution is -2.77. The summed E-state index contributed by atoms with van der Waals surface area (Å²) >= 11 is 0. The lowest BCUT2D eigenvalue weighted by molar-refractivity contribution is -0.384. The number of ether oxygens (including phenoxy) is 3. The van der Waals surface area contributed by atoms with Gasteiger partial charge in [0.15, 0.2) is 11.5 Å². The highest BCUT2D eigenvalue weighted by Gasteiger charge is 2.73. The lowest BCUT2D eigenvalue weighted by atomic mass is 9.48. The number of esters is 1. The molecule has 1 saturated heterocycles. The first-order chi connectivity index (χ1) is 17.3. The number of nitro benzene ring substituents is 1. The van der Waals surface area contributed by atoms with Gasteiger partial charge in [0.1, 0.15) is 12.2 Å². The molecule has 2 aromatic rings. The molecule has 4 aliphatic rings. The Balaban J connectivity index is 1.39. The maximum absolute atomic E-state index is 13.1. The van der Waals surface area contributed by atoms with Gasteiger partial charge in [-0.1, -0.05) is 12.1 Å². The summed E-state index contributed by atoms with van der Waals surface area (Å²) in [6, 6.07) is 9.22. The number of nitrogens with zero attached hydrogens (tertiary/aromatic N) is 2. The Morgan fingerprint density at radius 1 is 1.31 bits per heavy atom. The number of carbonyl (C=O) groups excluding carboxylic acids is 1. The molecule has 9 heteroatoms. The molecule has 0 amide bonds. The third kappa shape index (κ3) is 2.93. The van der Waals surface area contributed by atoms with Crippen molar-refractivity contribution in [3.05, 3.63) is 75.9 Å². The van der Waals surface area contributed by atoms with E-state index in [-0.39, 0.29) is 17.3 Å². The van der Waals surface area contributed by atoms with Crippen LogP contribution in [0.15, 0.2) is 49.1 Å². The van der Waals surface area contributed by atoms with Crippen LogP contribution in [0.25, 0.3) is 0 Å². The minimum atomic E-state index is -1.06. The first kappa shape index (κ1) is 23.0. The molecule has 1 N–H and O–H groups in total. The van der Waals surface area contributed by atoms with Crippen molar-refractivity contribution in [2.24, 2.45) is 0 Å². The summed E-state index contributed by atoms with van der Waals surface area (Å²) in [5, 5.41) is 23.4. The molecule has 188 valence electrons. The number of methoxy groups -OCH3 is 1. The molecule has 2 heterocycles. The zero-order chi connectivity index (χ0) is 25.2. The van der Waals surface area contributed by atoms with E-state index in [1.807, 2.05) is 12.1 Å². The van der Waals surface area contributed by atoms with Gasteiger partial charge in [-0.05, 0) is 56.0 Å². The number of likely N-dealkylation sites (tertiary alicyclic amines) is 1. The standard InChI is InChI=1S/C27H28N2O7/c1-3-13-28-14-12-26-22-17-6-9-19(34-2)23(22)36-24(26)20(10-11-27(26,31)21(28)15-17)35-25(30)16-4-7-18(8-5-16)29(32)33/h3-9,20-21,24,31H,1,10-15H2,2H3/t20-,21-,24+,26+,27-/m1/s1. The van der Waals surface area contributed by atoms with Gasteiger partial charge >= 0.3 is 5.97 Å². The van der Waals surface area contributed by atoms with Gasteiger partial charge in [0.05, 0.1) is 28.6 Å². The Morgan fingerprint density at radius 3 is 2.78 bits per heavy atom. The van der Waals surface area contributed by atoms with Gasteiger partial charge in [0.25, 0.3) is 5.69 Å². The topological polar surface area (TPSA) is 111 Å². The van der Waals surface area contributed by atoms with E-state index in [2.05, 4.69) is 17.5 Å². The van der Waals surface area contributed by atoms with Gasteiger partial charge in [-0.2, -0.15) is 0 Å². The molecule has 6 rings (SSSR count). The van der Waals surface area contributed by atoms with Crippen LogP contribution in [-0.4, -0.2) is 64.9 Å². The van der Waals surface area contributed by atoms with E-state index in [0.717, 1.165) is 17.7 Å². The fourth-order valence-corrected chi connectivity index (χ4v) is 7.17. The number of hydrogen-bond acceptors (Lipinski definition) is 8. The third-order valence-corrected chi connectivity index (χ3v) is 8.66. The highest BCUT2D eigenvalue weighted by molar-refractivity contribution is 5.89. The molecule has 2 aliphatic heterocycles. The number of non-ortho nitro benzene ring substituents is 1. The number of benzene rings is 2. The molecular weight excluding hydrogens is 464 g/mol. The molecule has 2 bridgehead atoms. The average molecular weight is 493 g/mol. The predicted molar refractivity (Wildman–Crippen MR) is 129 cm³/mol. The molecule has 2 aromatic carbocycles. The van der Waals surface area contributed by atoms with Crippen molar-refractivity contribution >= 4 is 11.7 Å². The van der Waals surface area contributed by atoms with Crippen LogP contribution in [0, 0.1) is 10.1 Å². The van der Waals surface area contributed by atoms with E-state index in [4.69, 9.17) is 14.2 Å². The SMILES string of the molecule is C=CCN1CC[C@]23c4c5ccc(OC)c4O[C@H]2[C@H](OC(=O)c2ccc([N+](=O)[O-])cc2)CC[C@@]3(O)[C@H]1C5. The molecule has 36 heavy (non-hydrogen) atoms. The van der Waals surface area contributed by atoms with Gasteiger partial charge in [-0.25, -0.2) is 4.79 Å². The summed E-state index contributed by atoms with van der Waals surface area (Å²) in [6.07, 6.45) is 2.94. The molecule has 9 nitrogen and oxygen atoms in total. The second-order valence-electron chi connectivity index (χ2n) is 10.1. The van der Waals surface area contributed by atoms with Crippen molar-refractivity contribution in [3.63, 3.8) is 0 Å². The molecule has 2 fully saturated rings. The second-order valence-corrected chi connectivity index (χ2v) is 10.1. The summed E-state index contributed by atoms with van der Waals surface area (Å²) in [4.78, 5) is 25.8. The van der Waals surface area contributed by atoms with Crippen molar-refractivity contribution < 1.29 is 29.0 Å². The Morgan fingerprint density at radius 2 is 2.08 bits per heavy atom. The third-order valence-electron chi connectivity index (χ3n) is 8.66. The summed E-state index contributed by atoms with van der Waals surface area (Å²) in [6.45, 7) is 5.35. The number of aliphatic hydroxyl groups is 1. The number of hydrogen-bond donors (Lipinski definition) is 1. The molecule has 0 radical (unpaired) electrons. The Kier molecular flexibility index (Phi) is 5.14. The van der Waals surface area contributed by atoms with Gasteiger partial charge in [0, 0.05) is 30.3 Å². The van der Waals surface area contributed by atoms with Crippen molar-refractivity contribution in [2.75, 3.05) is 20.2 Å². The molecule has 0 unspecified atom stereocenters. The smallest absolute Gasteiger partial charge is 0.338 e. The minimum absolute atomic E-state index is 0.0955. The summed E-state index contributed by atoms with van der Waals surface area (Å²) in [5.74, 6) is 0.666. The summed E-state index contributed by atoms with van der Waals surface area (Å²) in [5.41, 5.74) is 0.460. The van der Waals surface area contributed by atoms with E-state index in [1.54, 1.807) is 7.11 Å². The van der Waals surface area contributed by atoms with E-state index in [0.29, 0.717) is 43.7 Å². The van der Waals surface area contributed by atoms with E-state index in [9.17, 15) is 20.0 Å². The van der Waals surface area contributed by atoms with Crippen LogP contribution < -0.4 is 9.47 Å². The van der Waals surface area contributed by atoms with Crippen LogP contribution in [0.4, 0.5) is 5.69 Å². The normalized spacial score (nSPS) is 31.7. The first-order valence-electron chi connectivity index (χ1n) is 12.2. The van der Waals surface area contributed by atoms with Gasteiger partial charge in [-0.3, -0.25) is 15.0 Å². The number of nitro groups is 1. The van der Waals surface area contributed by atoms with Crippen LogP contribution in [0.3, 0.4) is 0 Å². The molecule has 1 saturated carbocycles. The zero-order valence-corrected chi connectivity index (χ0v) is 20.0. The monoisotopic (exact) mass is 492 g/mol. The van der Waals surface area contributed by atoms with Crippen LogP contribution >= 0.6 is 0 Å². The quantitative estimate of drug-likeness (QED) is 0.283. The molecular formula is C27H28N2O7.